The van der Waals surface area contributed by atoms with Crippen molar-refractivity contribution in [2.75, 3.05) is 13.7 Å². The van der Waals surface area contributed by atoms with Gasteiger partial charge in [-0.15, -0.1) is 0 Å². The van der Waals surface area contributed by atoms with E-state index in [9.17, 15) is 4.79 Å². The van der Waals surface area contributed by atoms with Gasteiger partial charge in [0, 0.05) is 13.7 Å². The van der Waals surface area contributed by atoms with Gasteiger partial charge in [-0.25, -0.2) is 0 Å². The Morgan fingerprint density at radius 3 is 2.70 bits per heavy atom. The lowest BCUT2D eigenvalue weighted by Crippen LogP contribution is -2.49. The first-order valence-electron chi connectivity index (χ1n) is 9.10. The molecule has 0 N–H and O–H groups in total. The molecule has 3 atom stereocenters. The summed E-state index contributed by atoms with van der Waals surface area (Å²) in [5, 5.41) is 0. The van der Waals surface area contributed by atoms with E-state index in [1.54, 1.807) is 7.11 Å². The van der Waals surface area contributed by atoms with Gasteiger partial charge in [0.25, 0.3) is 0 Å². The topological polar surface area (TPSA) is 29.5 Å². The average molecular weight is 313 g/mol. The van der Waals surface area contributed by atoms with Crippen LogP contribution < -0.4 is 0 Å². The Hall–Kier alpha value is -1.35. The van der Waals surface area contributed by atoms with Crippen LogP contribution >= 0.6 is 0 Å². The Morgan fingerprint density at radius 1 is 1.26 bits per heavy atom. The molecule has 23 heavy (non-hydrogen) atoms. The van der Waals surface area contributed by atoms with E-state index in [4.69, 9.17) is 4.74 Å². The van der Waals surface area contributed by atoms with Crippen molar-refractivity contribution in [1.29, 1.82) is 0 Å². The number of rotatable bonds is 4. The summed E-state index contributed by atoms with van der Waals surface area (Å²) in [6, 6.07) is 10.9. The number of piperidine rings is 1. The second kappa shape index (κ2) is 5.94. The first-order chi connectivity index (χ1) is 11.2. The van der Waals surface area contributed by atoms with Crippen LogP contribution in [0.5, 0.6) is 0 Å². The summed E-state index contributed by atoms with van der Waals surface area (Å²) in [4.78, 5) is 15.3. The molecule has 2 bridgehead atoms. The fraction of sp³-hybridized carbons (Fsp3) is 0.650. The van der Waals surface area contributed by atoms with Crippen LogP contribution in [0.15, 0.2) is 30.3 Å². The van der Waals surface area contributed by atoms with Gasteiger partial charge in [-0.05, 0) is 55.9 Å². The van der Waals surface area contributed by atoms with Gasteiger partial charge in [-0.3, -0.25) is 4.79 Å². The standard InChI is InChI=1S/C20H27NO2/c1-23-20(10-5-11-20)13-18(22)21-14-15-8-9-17(12-15)19(21)16-6-3-2-4-7-16/h2-4,6-7,15,17,19H,5,8-14H2,1H3. The molecule has 0 spiro atoms. The van der Waals surface area contributed by atoms with E-state index in [2.05, 4.69) is 35.2 Å². The molecule has 1 saturated heterocycles. The highest BCUT2D eigenvalue weighted by Gasteiger charge is 2.46. The molecule has 2 aliphatic carbocycles. The maximum Gasteiger partial charge on any atom is 0.226 e. The lowest BCUT2D eigenvalue weighted by Gasteiger charge is -2.45. The molecule has 1 aromatic carbocycles. The van der Waals surface area contributed by atoms with Gasteiger partial charge < -0.3 is 9.64 Å². The van der Waals surface area contributed by atoms with E-state index >= 15 is 0 Å². The Bertz CT molecular complexity index is 561. The highest BCUT2D eigenvalue weighted by molar-refractivity contribution is 5.78. The van der Waals surface area contributed by atoms with Crippen molar-refractivity contribution in [3.05, 3.63) is 35.9 Å². The van der Waals surface area contributed by atoms with E-state index in [0.717, 1.165) is 19.4 Å². The Labute approximate surface area is 139 Å². The zero-order valence-electron chi connectivity index (χ0n) is 14.0. The van der Waals surface area contributed by atoms with Gasteiger partial charge in [0.1, 0.15) is 0 Å². The molecule has 1 aromatic rings. The molecule has 3 fully saturated rings. The summed E-state index contributed by atoms with van der Waals surface area (Å²) in [5.74, 6) is 1.65. The van der Waals surface area contributed by atoms with Gasteiger partial charge >= 0.3 is 0 Å². The van der Waals surface area contributed by atoms with E-state index in [1.165, 1.54) is 31.2 Å². The third-order valence-corrected chi connectivity index (χ3v) is 6.45. The van der Waals surface area contributed by atoms with Crippen molar-refractivity contribution < 1.29 is 9.53 Å². The van der Waals surface area contributed by atoms with Crippen molar-refractivity contribution in [1.82, 2.24) is 4.90 Å². The van der Waals surface area contributed by atoms with E-state index in [1.807, 2.05) is 0 Å². The maximum absolute atomic E-state index is 13.1. The monoisotopic (exact) mass is 313 g/mol. The summed E-state index contributed by atoms with van der Waals surface area (Å²) >= 11 is 0. The smallest absolute Gasteiger partial charge is 0.226 e. The molecule has 3 heteroatoms. The molecular weight excluding hydrogens is 286 g/mol. The molecule has 0 radical (unpaired) electrons. The van der Waals surface area contributed by atoms with Crippen LogP contribution in [0.25, 0.3) is 0 Å². The summed E-state index contributed by atoms with van der Waals surface area (Å²) < 4.78 is 5.70. The van der Waals surface area contributed by atoms with Crippen LogP contribution in [0.3, 0.4) is 0 Å². The second-order valence-electron chi connectivity index (χ2n) is 7.76. The lowest BCUT2D eigenvalue weighted by atomic mass is 9.76. The number of carbonyl (C=O) groups excluding carboxylic acids is 1. The normalized spacial score (nSPS) is 31.7. The first-order valence-corrected chi connectivity index (χ1v) is 9.10. The van der Waals surface area contributed by atoms with Crippen LogP contribution in [0.1, 0.15) is 56.6 Å². The highest BCUT2D eigenvalue weighted by atomic mass is 16.5. The van der Waals surface area contributed by atoms with Crippen molar-refractivity contribution >= 4 is 5.91 Å². The number of hydrogen-bond donors (Lipinski definition) is 0. The van der Waals surface area contributed by atoms with E-state index < -0.39 is 0 Å². The molecular formula is C20H27NO2. The van der Waals surface area contributed by atoms with Gasteiger partial charge in [0.15, 0.2) is 0 Å². The molecule has 1 aliphatic heterocycles. The SMILES string of the molecule is COC1(CC(=O)N2CC3CCC(C3)C2c2ccccc2)CCC1. The Kier molecular flexibility index (Phi) is 3.92. The summed E-state index contributed by atoms with van der Waals surface area (Å²) in [5.41, 5.74) is 1.14. The Balaban J connectivity index is 1.58. The number of ether oxygens (including phenoxy) is 1. The predicted octanol–water partition coefficient (Wildman–Crippen LogP) is 3.95. The zero-order chi connectivity index (χ0) is 15.9. The van der Waals surface area contributed by atoms with Crippen molar-refractivity contribution in [2.24, 2.45) is 11.8 Å². The number of likely N-dealkylation sites (tertiary alicyclic amines) is 1. The fourth-order valence-corrected chi connectivity index (χ4v) is 4.97. The minimum atomic E-state index is -0.172. The maximum atomic E-state index is 13.1. The van der Waals surface area contributed by atoms with Gasteiger partial charge in [0.05, 0.1) is 18.1 Å². The summed E-state index contributed by atoms with van der Waals surface area (Å²) in [6.07, 6.45) is 7.66. The average Bonchev–Trinajstić information content (AvgIpc) is 2.92. The number of carbonyl (C=O) groups is 1. The fourth-order valence-electron chi connectivity index (χ4n) is 4.97. The molecule has 2 saturated carbocycles. The van der Waals surface area contributed by atoms with Crippen molar-refractivity contribution in [3.8, 4) is 0 Å². The minimum absolute atomic E-state index is 0.172. The second-order valence-corrected chi connectivity index (χ2v) is 7.76. The number of fused-ring (bicyclic) bond motifs is 2. The molecule has 124 valence electrons. The van der Waals surface area contributed by atoms with Gasteiger partial charge in [-0.2, -0.15) is 0 Å². The first kappa shape index (κ1) is 15.2. The summed E-state index contributed by atoms with van der Waals surface area (Å²) in [7, 11) is 1.76. The van der Waals surface area contributed by atoms with Crippen molar-refractivity contribution in [3.63, 3.8) is 0 Å². The zero-order valence-corrected chi connectivity index (χ0v) is 14.0. The molecule has 3 unspecified atom stereocenters. The third kappa shape index (κ3) is 2.69. The van der Waals surface area contributed by atoms with Crippen molar-refractivity contribution in [2.45, 2.75) is 56.6 Å². The number of hydrogen-bond acceptors (Lipinski definition) is 2. The molecule has 1 heterocycles. The number of nitrogens with zero attached hydrogens (tertiary/aromatic N) is 1. The van der Waals surface area contributed by atoms with E-state index in [0.29, 0.717) is 24.2 Å². The third-order valence-electron chi connectivity index (χ3n) is 6.45. The molecule has 0 aromatic heterocycles. The van der Waals surface area contributed by atoms with Crippen LogP contribution in [0, 0.1) is 11.8 Å². The number of methoxy groups -OCH3 is 1. The highest BCUT2D eigenvalue weighted by Crippen LogP contribution is 2.48. The molecule has 3 nitrogen and oxygen atoms in total. The molecule has 1 amide bonds. The van der Waals surface area contributed by atoms with E-state index in [-0.39, 0.29) is 11.6 Å². The van der Waals surface area contributed by atoms with Crippen LogP contribution in [-0.4, -0.2) is 30.1 Å². The van der Waals surface area contributed by atoms with Crippen LogP contribution in [0.2, 0.25) is 0 Å². The number of amides is 1. The quantitative estimate of drug-likeness (QED) is 0.842. The van der Waals surface area contributed by atoms with Gasteiger partial charge in [0.2, 0.25) is 5.91 Å². The molecule has 4 rings (SSSR count). The number of benzene rings is 1. The molecule has 3 aliphatic rings. The van der Waals surface area contributed by atoms with Crippen LogP contribution in [0.4, 0.5) is 0 Å². The van der Waals surface area contributed by atoms with Crippen LogP contribution in [-0.2, 0) is 9.53 Å². The lowest BCUT2D eigenvalue weighted by molar-refractivity contribution is -0.149. The van der Waals surface area contributed by atoms with Gasteiger partial charge in [-0.1, -0.05) is 30.3 Å². The summed E-state index contributed by atoms with van der Waals surface area (Å²) in [6.45, 7) is 0.939. The largest absolute Gasteiger partial charge is 0.378 e. The predicted molar refractivity (Wildman–Crippen MR) is 89.9 cm³/mol. The minimum Gasteiger partial charge on any atom is -0.378 e. The Morgan fingerprint density at radius 2 is 2.04 bits per heavy atom.